The van der Waals surface area contributed by atoms with Gasteiger partial charge in [-0.1, -0.05) is 6.07 Å². The lowest BCUT2D eigenvalue weighted by Crippen LogP contribution is -2.55. The van der Waals surface area contributed by atoms with Crippen LogP contribution in [0.5, 0.6) is 0 Å². The Bertz CT molecular complexity index is 1350. The molecule has 3 amide bonds. The third kappa shape index (κ3) is 4.29. The molecule has 1 aromatic heterocycles. The fraction of sp³-hybridized carbons (Fsp3) is 0.407. The summed E-state index contributed by atoms with van der Waals surface area (Å²) in [5.74, 6) is -1.30. The van der Waals surface area contributed by atoms with Crippen LogP contribution in [0.2, 0.25) is 0 Å². The van der Waals surface area contributed by atoms with Gasteiger partial charge in [0.25, 0.3) is 5.91 Å². The molecule has 8 nitrogen and oxygen atoms in total. The van der Waals surface area contributed by atoms with Crippen molar-refractivity contribution in [3.63, 3.8) is 0 Å². The van der Waals surface area contributed by atoms with E-state index in [0.717, 1.165) is 51.3 Å². The maximum atomic E-state index is 14.6. The summed E-state index contributed by atoms with van der Waals surface area (Å²) in [7, 11) is 1.85. The van der Waals surface area contributed by atoms with Crippen molar-refractivity contribution in [1.82, 2.24) is 19.7 Å². The van der Waals surface area contributed by atoms with Crippen LogP contribution < -0.4 is 10.2 Å². The van der Waals surface area contributed by atoms with E-state index in [1.807, 2.05) is 18.9 Å². The summed E-state index contributed by atoms with van der Waals surface area (Å²) >= 11 is 0. The number of anilines is 2. The number of H-pyrrole nitrogens is 1. The number of nitrogens with zero attached hydrogens (tertiary/aromatic N) is 4. The lowest BCUT2D eigenvalue weighted by molar-refractivity contribution is 0.0947. The van der Waals surface area contributed by atoms with Crippen molar-refractivity contribution >= 4 is 34.2 Å². The smallest absolute Gasteiger partial charge is 0.320 e. The number of benzene rings is 2. The molecule has 10 heteroatoms. The molecule has 2 N–H and O–H groups in total. The number of aryl methyl sites for hydroxylation is 1. The van der Waals surface area contributed by atoms with Crippen LogP contribution in [-0.4, -0.2) is 90.0 Å². The van der Waals surface area contributed by atoms with E-state index in [0.29, 0.717) is 28.3 Å². The van der Waals surface area contributed by atoms with Gasteiger partial charge >= 0.3 is 6.03 Å². The highest BCUT2D eigenvalue weighted by Gasteiger charge is 2.41. The largest absolute Gasteiger partial charge is 0.370 e. The van der Waals surface area contributed by atoms with E-state index in [-0.39, 0.29) is 17.8 Å². The first-order chi connectivity index (χ1) is 17.8. The normalized spacial score (nSPS) is 22.3. The number of aromatic nitrogens is 1. The summed E-state index contributed by atoms with van der Waals surface area (Å²) in [6, 6.07) is 9.73. The summed E-state index contributed by atoms with van der Waals surface area (Å²) in [4.78, 5) is 36.5. The van der Waals surface area contributed by atoms with Gasteiger partial charge in [-0.2, -0.15) is 0 Å². The Labute approximate surface area is 213 Å². The summed E-state index contributed by atoms with van der Waals surface area (Å²) in [5.41, 5.74) is 2.68. The number of piperazine rings is 1. The maximum Gasteiger partial charge on any atom is 0.320 e. The third-order valence-corrected chi connectivity index (χ3v) is 7.95. The van der Waals surface area contributed by atoms with E-state index in [2.05, 4.69) is 20.1 Å². The molecule has 3 fully saturated rings. The van der Waals surface area contributed by atoms with Crippen molar-refractivity contribution in [3.8, 4) is 0 Å². The number of amides is 3. The van der Waals surface area contributed by atoms with Crippen LogP contribution in [0.15, 0.2) is 36.4 Å². The van der Waals surface area contributed by atoms with E-state index in [4.69, 9.17) is 0 Å². The second kappa shape index (κ2) is 9.02. The van der Waals surface area contributed by atoms with Gasteiger partial charge < -0.3 is 25.0 Å². The molecule has 0 spiro atoms. The van der Waals surface area contributed by atoms with Crippen LogP contribution >= 0.6 is 0 Å². The van der Waals surface area contributed by atoms with Crippen molar-refractivity contribution in [3.05, 3.63) is 59.3 Å². The highest BCUT2D eigenvalue weighted by atomic mass is 19.1. The Balaban J connectivity index is 1.14. The highest BCUT2D eigenvalue weighted by molar-refractivity contribution is 6.06. The maximum absolute atomic E-state index is 14.6. The molecular formula is C27H30F2N6O2. The molecule has 3 saturated heterocycles. The Morgan fingerprint density at radius 3 is 2.68 bits per heavy atom. The first-order valence-electron chi connectivity index (χ1n) is 12.7. The summed E-state index contributed by atoms with van der Waals surface area (Å²) in [5, 5.41) is 3.11. The first kappa shape index (κ1) is 23.7. The van der Waals surface area contributed by atoms with Gasteiger partial charge in [0, 0.05) is 69.1 Å². The minimum absolute atomic E-state index is 0.111. The molecule has 4 heterocycles. The quantitative estimate of drug-likeness (QED) is 0.565. The molecule has 3 aromatic rings. The predicted molar refractivity (Wildman–Crippen MR) is 138 cm³/mol. The van der Waals surface area contributed by atoms with E-state index in [1.54, 1.807) is 17.0 Å². The molecule has 0 unspecified atom stereocenters. The molecule has 37 heavy (non-hydrogen) atoms. The topological polar surface area (TPSA) is 74.9 Å². The van der Waals surface area contributed by atoms with E-state index < -0.39 is 17.5 Å². The molecule has 3 aliphatic rings. The summed E-state index contributed by atoms with van der Waals surface area (Å²) in [6.45, 7) is 6.56. The lowest BCUT2D eigenvalue weighted by Gasteiger charge is -2.39. The Morgan fingerprint density at radius 1 is 1.03 bits per heavy atom. The number of hydrogen-bond donors (Lipinski definition) is 2. The molecule has 3 aliphatic heterocycles. The Kier molecular flexibility index (Phi) is 5.78. The van der Waals surface area contributed by atoms with Crippen molar-refractivity contribution in [2.75, 3.05) is 56.5 Å². The second-order valence-corrected chi connectivity index (χ2v) is 10.4. The number of carbonyl (C=O) groups is 2. The van der Waals surface area contributed by atoms with Crippen molar-refractivity contribution in [1.29, 1.82) is 0 Å². The SMILES string of the molecule is Cc1ccc(F)c2cc(C(=O)Nc3cc(F)cc(N4CC[C@H](N5CCN6C(=O)N(C)C[C@@H]6C5)C4)c3)[nH]c12. The van der Waals surface area contributed by atoms with Crippen LogP contribution in [0, 0.1) is 18.6 Å². The number of hydrogen-bond acceptors (Lipinski definition) is 4. The molecule has 0 radical (unpaired) electrons. The number of nitrogens with one attached hydrogen (secondary N) is 2. The monoisotopic (exact) mass is 508 g/mol. The summed E-state index contributed by atoms with van der Waals surface area (Å²) < 4.78 is 28.8. The average molecular weight is 509 g/mol. The van der Waals surface area contributed by atoms with Crippen LogP contribution in [0.25, 0.3) is 10.9 Å². The zero-order valence-electron chi connectivity index (χ0n) is 20.9. The number of urea groups is 1. The number of halogens is 2. The molecule has 0 saturated carbocycles. The number of aromatic amines is 1. The zero-order chi connectivity index (χ0) is 25.8. The molecule has 2 atom stereocenters. The Morgan fingerprint density at radius 2 is 1.86 bits per heavy atom. The van der Waals surface area contributed by atoms with Gasteiger partial charge in [-0.3, -0.25) is 9.69 Å². The number of carbonyl (C=O) groups excluding carboxylic acids is 2. The number of fused-ring (bicyclic) bond motifs is 2. The van der Waals surface area contributed by atoms with E-state index >= 15 is 0 Å². The van der Waals surface area contributed by atoms with Crippen LogP contribution in [-0.2, 0) is 0 Å². The van der Waals surface area contributed by atoms with Crippen molar-refractivity contribution in [2.24, 2.45) is 0 Å². The number of likely N-dealkylation sites (N-methyl/N-ethyl adjacent to an activating group) is 1. The standard InChI is InChI=1S/C27H30F2N6O2/c1-16-3-4-23(29)22-12-24(31-25(16)22)26(36)30-18-9-17(28)10-20(11-18)33-6-5-19(14-33)34-7-8-35-21(15-34)13-32(2)27(35)37/h3-4,9-12,19,21,31H,5-8,13-15H2,1-2H3,(H,30,36)/t19-,21+/m0/s1. The predicted octanol–water partition coefficient (Wildman–Crippen LogP) is 3.64. The van der Waals surface area contributed by atoms with Crippen LogP contribution in [0.1, 0.15) is 22.5 Å². The fourth-order valence-electron chi connectivity index (χ4n) is 5.98. The van der Waals surface area contributed by atoms with Crippen molar-refractivity contribution < 1.29 is 18.4 Å². The molecule has 194 valence electrons. The molecule has 0 aliphatic carbocycles. The minimum atomic E-state index is -0.459. The number of rotatable bonds is 4. The highest BCUT2D eigenvalue weighted by Crippen LogP contribution is 2.30. The molecule has 2 aromatic carbocycles. The van der Waals surface area contributed by atoms with Gasteiger partial charge in [-0.05, 0) is 49.2 Å². The fourth-order valence-corrected chi connectivity index (χ4v) is 5.98. The minimum Gasteiger partial charge on any atom is -0.370 e. The van der Waals surface area contributed by atoms with Gasteiger partial charge in [0.1, 0.15) is 17.3 Å². The Hall–Kier alpha value is -3.66. The van der Waals surface area contributed by atoms with Crippen LogP contribution in [0.3, 0.4) is 0 Å². The van der Waals surface area contributed by atoms with E-state index in [9.17, 15) is 18.4 Å². The lowest BCUT2D eigenvalue weighted by atomic mass is 10.1. The van der Waals surface area contributed by atoms with Gasteiger partial charge in [0.2, 0.25) is 0 Å². The first-order valence-corrected chi connectivity index (χ1v) is 12.7. The van der Waals surface area contributed by atoms with Gasteiger partial charge in [-0.25, -0.2) is 13.6 Å². The van der Waals surface area contributed by atoms with Gasteiger partial charge in [0.05, 0.1) is 11.6 Å². The van der Waals surface area contributed by atoms with E-state index in [1.165, 1.54) is 24.3 Å². The van der Waals surface area contributed by atoms with Gasteiger partial charge in [0.15, 0.2) is 0 Å². The van der Waals surface area contributed by atoms with Crippen molar-refractivity contribution in [2.45, 2.75) is 25.4 Å². The average Bonchev–Trinajstić information content (AvgIpc) is 3.60. The second-order valence-electron chi connectivity index (χ2n) is 10.4. The van der Waals surface area contributed by atoms with Gasteiger partial charge in [-0.15, -0.1) is 0 Å². The molecule has 6 rings (SSSR count). The molecular weight excluding hydrogens is 478 g/mol. The third-order valence-electron chi connectivity index (χ3n) is 7.95. The molecule has 0 bridgehead atoms. The summed E-state index contributed by atoms with van der Waals surface area (Å²) in [6.07, 6.45) is 0.953. The zero-order valence-corrected chi connectivity index (χ0v) is 20.9. The van der Waals surface area contributed by atoms with Crippen LogP contribution in [0.4, 0.5) is 25.0 Å².